The number of thiazole rings is 1. The molecule has 1 aromatic carbocycles. The van der Waals surface area contributed by atoms with E-state index in [-0.39, 0.29) is 5.91 Å². The highest BCUT2D eigenvalue weighted by molar-refractivity contribution is 7.13. The number of nitrogens with two attached hydrogens (primary N) is 1. The second-order valence-corrected chi connectivity index (χ2v) is 6.65. The average Bonchev–Trinajstić information content (AvgIpc) is 2.96. The molecule has 1 atom stereocenters. The first-order valence-corrected chi connectivity index (χ1v) is 8.47. The second kappa shape index (κ2) is 8.06. The van der Waals surface area contributed by atoms with Crippen molar-refractivity contribution >= 4 is 17.2 Å². The maximum Gasteiger partial charge on any atom is 0.236 e. The minimum atomic E-state index is -0.421. The van der Waals surface area contributed by atoms with Gasteiger partial charge < -0.3 is 11.1 Å². The quantitative estimate of drug-likeness (QED) is 0.825. The minimum absolute atomic E-state index is 0.0767. The maximum atomic E-state index is 11.8. The van der Waals surface area contributed by atoms with Crippen LogP contribution in [0.1, 0.15) is 26.0 Å². The van der Waals surface area contributed by atoms with E-state index < -0.39 is 6.04 Å². The molecule has 0 bridgehead atoms. The van der Waals surface area contributed by atoms with Crippen LogP contribution in [-0.4, -0.2) is 23.5 Å². The summed E-state index contributed by atoms with van der Waals surface area (Å²) in [5.41, 5.74) is 7.98. The Hall–Kier alpha value is -1.72. The molecule has 2 aromatic rings. The fourth-order valence-corrected chi connectivity index (χ4v) is 3.06. The SMILES string of the molecule is CC(C)C[C@H](N)C(=O)NCCc1csc(-c2ccccc2)n1. The molecule has 1 aromatic heterocycles. The third-order valence-electron chi connectivity index (χ3n) is 3.31. The Morgan fingerprint density at radius 2 is 2.05 bits per heavy atom. The van der Waals surface area contributed by atoms with Crippen molar-refractivity contribution in [3.8, 4) is 10.6 Å². The van der Waals surface area contributed by atoms with Gasteiger partial charge in [-0.3, -0.25) is 4.79 Å². The Labute approximate surface area is 135 Å². The molecule has 0 aliphatic carbocycles. The van der Waals surface area contributed by atoms with Crippen molar-refractivity contribution in [1.82, 2.24) is 10.3 Å². The number of carbonyl (C=O) groups is 1. The molecular weight excluding hydrogens is 294 g/mol. The molecule has 0 saturated carbocycles. The topological polar surface area (TPSA) is 68.0 Å². The van der Waals surface area contributed by atoms with Gasteiger partial charge in [-0.05, 0) is 12.3 Å². The van der Waals surface area contributed by atoms with E-state index in [4.69, 9.17) is 5.73 Å². The first kappa shape index (κ1) is 16.6. The monoisotopic (exact) mass is 317 g/mol. The summed E-state index contributed by atoms with van der Waals surface area (Å²) in [5, 5.41) is 5.94. The van der Waals surface area contributed by atoms with E-state index in [1.165, 1.54) is 0 Å². The van der Waals surface area contributed by atoms with E-state index in [0.717, 1.165) is 22.7 Å². The highest BCUT2D eigenvalue weighted by Crippen LogP contribution is 2.23. The number of nitrogens with one attached hydrogen (secondary N) is 1. The molecule has 3 N–H and O–H groups in total. The molecule has 0 unspecified atom stereocenters. The Morgan fingerprint density at radius 1 is 1.32 bits per heavy atom. The van der Waals surface area contributed by atoms with Gasteiger partial charge in [0.25, 0.3) is 0 Å². The van der Waals surface area contributed by atoms with Crippen molar-refractivity contribution < 1.29 is 4.79 Å². The molecule has 0 saturated heterocycles. The standard InChI is InChI=1S/C17H23N3OS/c1-12(2)10-15(18)16(21)19-9-8-14-11-22-17(20-14)13-6-4-3-5-7-13/h3-7,11-12,15H,8-10,18H2,1-2H3,(H,19,21)/t15-/m0/s1. The first-order chi connectivity index (χ1) is 10.6. The van der Waals surface area contributed by atoms with E-state index >= 15 is 0 Å². The molecule has 0 fully saturated rings. The molecule has 1 heterocycles. The fourth-order valence-electron chi connectivity index (χ4n) is 2.19. The lowest BCUT2D eigenvalue weighted by Crippen LogP contribution is -2.42. The summed E-state index contributed by atoms with van der Waals surface area (Å²) >= 11 is 1.63. The summed E-state index contributed by atoms with van der Waals surface area (Å²) in [7, 11) is 0. The Kier molecular flexibility index (Phi) is 6.10. The highest BCUT2D eigenvalue weighted by atomic mass is 32.1. The fraction of sp³-hybridized carbons (Fsp3) is 0.412. The number of hydrogen-bond donors (Lipinski definition) is 2. The van der Waals surface area contributed by atoms with Crippen molar-refractivity contribution in [2.75, 3.05) is 6.54 Å². The third kappa shape index (κ3) is 4.93. The molecule has 22 heavy (non-hydrogen) atoms. The molecule has 0 spiro atoms. The van der Waals surface area contributed by atoms with Gasteiger partial charge in [0.05, 0.1) is 11.7 Å². The summed E-state index contributed by atoms with van der Waals surface area (Å²) in [5.74, 6) is 0.347. The summed E-state index contributed by atoms with van der Waals surface area (Å²) in [6, 6.07) is 9.69. The van der Waals surface area contributed by atoms with Gasteiger partial charge in [0.15, 0.2) is 0 Å². The lowest BCUT2D eigenvalue weighted by molar-refractivity contribution is -0.122. The zero-order valence-electron chi connectivity index (χ0n) is 13.1. The van der Waals surface area contributed by atoms with Crippen molar-refractivity contribution in [2.24, 2.45) is 11.7 Å². The predicted octanol–water partition coefficient (Wildman–Crippen LogP) is 2.84. The second-order valence-electron chi connectivity index (χ2n) is 5.79. The van der Waals surface area contributed by atoms with Crippen LogP contribution in [0.3, 0.4) is 0 Å². The molecule has 0 aliphatic heterocycles. The van der Waals surface area contributed by atoms with Crippen LogP contribution in [0.15, 0.2) is 35.7 Å². The van der Waals surface area contributed by atoms with E-state index in [1.807, 2.05) is 23.6 Å². The number of hydrogen-bond acceptors (Lipinski definition) is 4. The molecule has 5 heteroatoms. The predicted molar refractivity (Wildman–Crippen MR) is 91.7 cm³/mol. The van der Waals surface area contributed by atoms with Crippen LogP contribution in [0.25, 0.3) is 10.6 Å². The van der Waals surface area contributed by atoms with Crippen molar-refractivity contribution in [1.29, 1.82) is 0 Å². The third-order valence-corrected chi connectivity index (χ3v) is 4.26. The van der Waals surface area contributed by atoms with Crippen LogP contribution in [0.4, 0.5) is 0 Å². The summed E-state index contributed by atoms with van der Waals surface area (Å²) in [6.07, 6.45) is 1.43. The van der Waals surface area contributed by atoms with E-state index in [2.05, 4.69) is 36.3 Å². The Bertz CT molecular complexity index is 595. The lowest BCUT2D eigenvalue weighted by atomic mass is 10.0. The largest absolute Gasteiger partial charge is 0.354 e. The Morgan fingerprint density at radius 3 is 2.73 bits per heavy atom. The van der Waals surface area contributed by atoms with Gasteiger partial charge in [-0.1, -0.05) is 44.2 Å². The van der Waals surface area contributed by atoms with Crippen LogP contribution in [-0.2, 0) is 11.2 Å². The number of benzene rings is 1. The zero-order chi connectivity index (χ0) is 15.9. The van der Waals surface area contributed by atoms with Crippen molar-refractivity contribution in [2.45, 2.75) is 32.7 Å². The van der Waals surface area contributed by atoms with Gasteiger partial charge in [-0.2, -0.15) is 0 Å². The Balaban J connectivity index is 1.81. The van der Waals surface area contributed by atoms with E-state index in [0.29, 0.717) is 18.9 Å². The first-order valence-electron chi connectivity index (χ1n) is 7.59. The molecule has 0 aliphatic rings. The molecule has 1 amide bonds. The molecule has 2 rings (SSSR count). The number of rotatable bonds is 7. The smallest absolute Gasteiger partial charge is 0.236 e. The minimum Gasteiger partial charge on any atom is -0.354 e. The summed E-state index contributed by atoms with van der Waals surface area (Å²) < 4.78 is 0. The van der Waals surface area contributed by atoms with Crippen LogP contribution >= 0.6 is 11.3 Å². The van der Waals surface area contributed by atoms with Crippen LogP contribution in [0.2, 0.25) is 0 Å². The molecule has 4 nitrogen and oxygen atoms in total. The number of amides is 1. The van der Waals surface area contributed by atoms with Gasteiger partial charge in [-0.25, -0.2) is 4.98 Å². The highest BCUT2D eigenvalue weighted by Gasteiger charge is 2.14. The number of aromatic nitrogens is 1. The normalized spacial score (nSPS) is 12.4. The van der Waals surface area contributed by atoms with Crippen LogP contribution in [0.5, 0.6) is 0 Å². The number of nitrogens with zero attached hydrogens (tertiary/aromatic N) is 1. The van der Waals surface area contributed by atoms with Crippen molar-refractivity contribution in [3.63, 3.8) is 0 Å². The van der Waals surface area contributed by atoms with Crippen LogP contribution in [0, 0.1) is 5.92 Å². The summed E-state index contributed by atoms with van der Waals surface area (Å²) in [6.45, 7) is 4.70. The van der Waals surface area contributed by atoms with Gasteiger partial charge in [0.2, 0.25) is 5.91 Å². The molecule has 0 radical (unpaired) electrons. The number of carbonyl (C=O) groups excluding carboxylic acids is 1. The van der Waals surface area contributed by atoms with Gasteiger partial charge in [0, 0.05) is 23.9 Å². The average molecular weight is 317 g/mol. The van der Waals surface area contributed by atoms with Crippen LogP contribution < -0.4 is 11.1 Å². The van der Waals surface area contributed by atoms with Gasteiger partial charge in [0.1, 0.15) is 5.01 Å². The van der Waals surface area contributed by atoms with E-state index in [1.54, 1.807) is 11.3 Å². The summed E-state index contributed by atoms with van der Waals surface area (Å²) in [4.78, 5) is 16.4. The molecule has 118 valence electrons. The lowest BCUT2D eigenvalue weighted by Gasteiger charge is -2.13. The van der Waals surface area contributed by atoms with Gasteiger partial charge >= 0.3 is 0 Å². The maximum absolute atomic E-state index is 11.8. The van der Waals surface area contributed by atoms with Crippen molar-refractivity contribution in [3.05, 3.63) is 41.4 Å². The molecular formula is C17H23N3OS. The zero-order valence-corrected chi connectivity index (χ0v) is 13.9. The van der Waals surface area contributed by atoms with E-state index in [9.17, 15) is 4.79 Å². The van der Waals surface area contributed by atoms with Gasteiger partial charge in [-0.15, -0.1) is 11.3 Å².